The van der Waals surface area contributed by atoms with Crippen molar-refractivity contribution in [2.75, 3.05) is 34.4 Å². The largest absolute Gasteiger partial charge is 0.497 e. The molecule has 1 aliphatic heterocycles. The Balaban J connectivity index is 1.52. The van der Waals surface area contributed by atoms with E-state index in [0.717, 1.165) is 17.1 Å². The van der Waals surface area contributed by atoms with Crippen molar-refractivity contribution in [3.63, 3.8) is 0 Å². The van der Waals surface area contributed by atoms with Crippen molar-refractivity contribution in [1.82, 2.24) is 4.90 Å². The molecule has 1 heterocycles. The number of hydrogen-bond acceptors (Lipinski definition) is 5. The first-order valence-corrected chi connectivity index (χ1v) is 8.42. The van der Waals surface area contributed by atoms with Gasteiger partial charge in [0.15, 0.2) is 11.5 Å². The number of carbonyl (C=O) groups is 1. The number of benzene rings is 2. The average Bonchev–Trinajstić information content (AvgIpc) is 2.64. The van der Waals surface area contributed by atoms with E-state index in [4.69, 9.17) is 18.9 Å². The molecule has 0 atom stereocenters. The van der Waals surface area contributed by atoms with Gasteiger partial charge < -0.3 is 23.8 Å². The molecule has 1 aliphatic rings. The second-order valence-corrected chi connectivity index (χ2v) is 6.08. The van der Waals surface area contributed by atoms with Gasteiger partial charge in [-0.25, -0.2) is 0 Å². The van der Waals surface area contributed by atoms with Crippen LogP contribution in [-0.2, 0) is 11.2 Å². The van der Waals surface area contributed by atoms with Gasteiger partial charge in [-0.1, -0.05) is 12.1 Å². The molecule has 1 fully saturated rings. The zero-order valence-corrected chi connectivity index (χ0v) is 15.2. The van der Waals surface area contributed by atoms with Gasteiger partial charge in [0.1, 0.15) is 17.6 Å². The molecule has 0 saturated carbocycles. The summed E-state index contributed by atoms with van der Waals surface area (Å²) in [6, 6.07) is 13.0. The Kier molecular flexibility index (Phi) is 5.51. The maximum absolute atomic E-state index is 12.4. The van der Waals surface area contributed by atoms with Crippen LogP contribution in [0.2, 0.25) is 0 Å². The fourth-order valence-corrected chi connectivity index (χ4v) is 2.86. The topological polar surface area (TPSA) is 57.2 Å². The molecule has 3 rings (SSSR count). The van der Waals surface area contributed by atoms with Gasteiger partial charge in [-0.2, -0.15) is 0 Å². The van der Waals surface area contributed by atoms with Crippen LogP contribution in [0.5, 0.6) is 23.0 Å². The standard InChI is InChI=1S/C20H23NO5/c1-23-15-5-4-6-16(11-15)26-17-12-21(13-17)20(22)10-14-7-8-18(24-2)19(9-14)25-3/h4-9,11,17H,10,12-13H2,1-3H3. The molecule has 2 aromatic carbocycles. The van der Waals surface area contributed by atoms with Gasteiger partial charge in [-0.05, 0) is 29.8 Å². The average molecular weight is 357 g/mol. The summed E-state index contributed by atoms with van der Waals surface area (Å²) in [6.45, 7) is 1.17. The maximum Gasteiger partial charge on any atom is 0.227 e. The number of nitrogens with zero attached hydrogens (tertiary/aromatic N) is 1. The van der Waals surface area contributed by atoms with Crippen LogP contribution in [0.1, 0.15) is 5.56 Å². The third-order valence-corrected chi connectivity index (χ3v) is 4.35. The van der Waals surface area contributed by atoms with Gasteiger partial charge in [-0.3, -0.25) is 4.79 Å². The van der Waals surface area contributed by atoms with Gasteiger partial charge in [0.2, 0.25) is 5.91 Å². The minimum Gasteiger partial charge on any atom is -0.497 e. The Bertz CT molecular complexity index is 771. The zero-order chi connectivity index (χ0) is 18.5. The van der Waals surface area contributed by atoms with E-state index in [1.54, 1.807) is 26.2 Å². The lowest BCUT2D eigenvalue weighted by Gasteiger charge is -2.39. The van der Waals surface area contributed by atoms with Crippen molar-refractivity contribution in [2.24, 2.45) is 0 Å². The van der Waals surface area contributed by atoms with Crippen molar-refractivity contribution in [1.29, 1.82) is 0 Å². The molecule has 1 saturated heterocycles. The van der Waals surface area contributed by atoms with Gasteiger partial charge in [-0.15, -0.1) is 0 Å². The van der Waals surface area contributed by atoms with Crippen molar-refractivity contribution >= 4 is 5.91 Å². The van der Waals surface area contributed by atoms with Crippen LogP contribution < -0.4 is 18.9 Å². The number of carbonyl (C=O) groups excluding carboxylic acids is 1. The van der Waals surface area contributed by atoms with Crippen LogP contribution in [-0.4, -0.2) is 51.3 Å². The molecule has 2 aromatic rings. The van der Waals surface area contributed by atoms with E-state index >= 15 is 0 Å². The summed E-state index contributed by atoms with van der Waals surface area (Å²) >= 11 is 0. The first-order chi connectivity index (χ1) is 12.6. The van der Waals surface area contributed by atoms with Gasteiger partial charge >= 0.3 is 0 Å². The highest BCUT2D eigenvalue weighted by Crippen LogP contribution is 2.28. The minimum atomic E-state index is 0.0106. The van der Waals surface area contributed by atoms with Gasteiger partial charge in [0.05, 0.1) is 40.8 Å². The quantitative estimate of drug-likeness (QED) is 0.762. The lowest BCUT2D eigenvalue weighted by molar-refractivity contribution is -0.139. The molecule has 0 N–H and O–H groups in total. The monoisotopic (exact) mass is 357 g/mol. The maximum atomic E-state index is 12.4. The van der Waals surface area contributed by atoms with Crippen molar-refractivity contribution in [3.8, 4) is 23.0 Å². The summed E-state index contributed by atoms with van der Waals surface area (Å²) < 4.78 is 21.6. The Morgan fingerprint density at radius 2 is 1.69 bits per heavy atom. The molecule has 0 spiro atoms. The minimum absolute atomic E-state index is 0.0106. The zero-order valence-electron chi connectivity index (χ0n) is 15.2. The van der Waals surface area contributed by atoms with Crippen LogP contribution in [0.15, 0.2) is 42.5 Å². The second kappa shape index (κ2) is 7.99. The molecule has 6 nitrogen and oxygen atoms in total. The molecular formula is C20H23NO5. The summed E-state index contributed by atoms with van der Waals surface area (Å²) in [4.78, 5) is 14.2. The van der Waals surface area contributed by atoms with Crippen LogP contribution >= 0.6 is 0 Å². The Hall–Kier alpha value is -2.89. The summed E-state index contributed by atoms with van der Waals surface area (Å²) in [7, 11) is 4.79. The molecule has 1 amide bonds. The van der Waals surface area contributed by atoms with Crippen LogP contribution in [0.25, 0.3) is 0 Å². The number of amides is 1. The first-order valence-electron chi connectivity index (χ1n) is 8.42. The highest BCUT2D eigenvalue weighted by molar-refractivity contribution is 5.80. The number of hydrogen-bond donors (Lipinski definition) is 0. The smallest absolute Gasteiger partial charge is 0.227 e. The Morgan fingerprint density at radius 3 is 2.38 bits per heavy atom. The summed E-state index contributed by atoms with van der Waals surface area (Å²) in [5.41, 5.74) is 0.893. The third kappa shape index (κ3) is 4.02. The van der Waals surface area contributed by atoms with Crippen LogP contribution in [0.4, 0.5) is 0 Å². The van der Waals surface area contributed by atoms with E-state index in [0.29, 0.717) is 31.0 Å². The fourth-order valence-electron chi connectivity index (χ4n) is 2.86. The molecule has 0 radical (unpaired) electrons. The van der Waals surface area contributed by atoms with Crippen molar-refractivity contribution < 1.29 is 23.7 Å². The summed E-state index contributed by atoms with van der Waals surface area (Å²) in [6.07, 6.45) is 0.336. The molecule has 0 aliphatic carbocycles. The Morgan fingerprint density at radius 1 is 0.962 bits per heavy atom. The lowest BCUT2D eigenvalue weighted by atomic mass is 10.1. The highest BCUT2D eigenvalue weighted by atomic mass is 16.5. The molecular weight excluding hydrogens is 334 g/mol. The normalized spacial score (nSPS) is 13.7. The predicted octanol–water partition coefficient (Wildman–Crippen LogP) is 2.54. The molecule has 26 heavy (non-hydrogen) atoms. The number of ether oxygens (including phenoxy) is 4. The third-order valence-electron chi connectivity index (χ3n) is 4.35. The van der Waals surface area contributed by atoms with E-state index in [1.165, 1.54) is 0 Å². The molecule has 0 aromatic heterocycles. The second-order valence-electron chi connectivity index (χ2n) is 6.08. The SMILES string of the molecule is COc1cccc(OC2CN(C(=O)Cc3ccc(OC)c(OC)c3)C2)c1. The Labute approximate surface area is 153 Å². The number of rotatable bonds is 7. The number of methoxy groups -OCH3 is 3. The van der Waals surface area contributed by atoms with E-state index in [1.807, 2.05) is 42.5 Å². The van der Waals surface area contributed by atoms with Gasteiger partial charge in [0.25, 0.3) is 0 Å². The molecule has 138 valence electrons. The molecule has 0 bridgehead atoms. The highest BCUT2D eigenvalue weighted by Gasteiger charge is 2.32. The van der Waals surface area contributed by atoms with Crippen molar-refractivity contribution in [2.45, 2.75) is 12.5 Å². The van der Waals surface area contributed by atoms with E-state index < -0.39 is 0 Å². The first kappa shape index (κ1) is 17.9. The van der Waals surface area contributed by atoms with Gasteiger partial charge in [0, 0.05) is 6.07 Å². The summed E-state index contributed by atoms with van der Waals surface area (Å²) in [5, 5.41) is 0. The molecule has 0 unspecified atom stereocenters. The van der Waals surface area contributed by atoms with E-state index in [2.05, 4.69) is 0 Å². The molecule has 6 heteroatoms. The van der Waals surface area contributed by atoms with E-state index in [-0.39, 0.29) is 12.0 Å². The number of likely N-dealkylation sites (tertiary alicyclic amines) is 1. The lowest BCUT2D eigenvalue weighted by Crippen LogP contribution is -2.56. The summed E-state index contributed by atoms with van der Waals surface area (Å²) in [5.74, 6) is 2.85. The van der Waals surface area contributed by atoms with Crippen LogP contribution in [0.3, 0.4) is 0 Å². The van der Waals surface area contributed by atoms with Crippen LogP contribution in [0, 0.1) is 0 Å². The fraction of sp³-hybridized carbons (Fsp3) is 0.350. The van der Waals surface area contributed by atoms with Crippen molar-refractivity contribution in [3.05, 3.63) is 48.0 Å². The van der Waals surface area contributed by atoms with E-state index in [9.17, 15) is 4.79 Å². The predicted molar refractivity (Wildman–Crippen MR) is 97.2 cm³/mol.